The van der Waals surface area contributed by atoms with Crippen molar-refractivity contribution in [1.82, 2.24) is 4.90 Å². The number of benzene rings is 3. The average molecular weight is 434 g/mol. The molecule has 1 saturated heterocycles. The van der Waals surface area contributed by atoms with Gasteiger partial charge in [-0.25, -0.2) is 4.99 Å². The predicted octanol–water partition coefficient (Wildman–Crippen LogP) is 5.11. The number of para-hydroxylation sites is 2. The van der Waals surface area contributed by atoms with Gasteiger partial charge in [0.1, 0.15) is 17.3 Å². The van der Waals surface area contributed by atoms with E-state index in [1.807, 2.05) is 42.5 Å². The van der Waals surface area contributed by atoms with Crippen LogP contribution in [0.3, 0.4) is 0 Å². The summed E-state index contributed by atoms with van der Waals surface area (Å²) in [5.41, 5.74) is 2.79. The summed E-state index contributed by atoms with van der Waals surface area (Å²) in [6, 6.07) is 20.1. The molecule has 0 unspecified atom stereocenters. The van der Waals surface area contributed by atoms with Crippen LogP contribution in [-0.2, 0) is 4.74 Å². The molecule has 0 aromatic heterocycles. The number of carbonyl (C=O) groups is 1. The summed E-state index contributed by atoms with van der Waals surface area (Å²) in [5.74, 6) is 2.00. The van der Waals surface area contributed by atoms with Crippen molar-refractivity contribution < 1.29 is 14.3 Å². The molecule has 7 heteroatoms. The van der Waals surface area contributed by atoms with Gasteiger partial charge in [-0.2, -0.15) is 0 Å². The Morgan fingerprint density at radius 3 is 2.55 bits per heavy atom. The van der Waals surface area contributed by atoms with Gasteiger partial charge in [-0.15, -0.1) is 0 Å². The number of hydrogen-bond acceptors (Lipinski definition) is 5. The van der Waals surface area contributed by atoms with E-state index in [4.69, 9.17) is 26.1 Å². The maximum atomic E-state index is 12.7. The summed E-state index contributed by atoms with van der Waals surface area (Å²) in [5, 5.41) is 3.54. The van der Waals surface area contributed by atoms with Gasteiger partial charge in [0.05, 0.1) is 18.8 Å². The second kappa shape index (κ2) is 8.41. The Bertz CT molecular complexity index is 1150. The van der Waals surface area contributed by atoms with Crippen LogP contribution in [-0.4, -0.2) is 42.9 Å². The van der Waals surface area contributed by atoms with Gasteiger partial charge in [0.25, 0.3) is 5.91 Å². The first kappa shape index (κ1) is 19.6. The Morgan fingerprint density at radius 2 is 1.74 bits per heavy atom. The standard InChI is InChI=1S/C24H20ClN3O3/c25-17-7-5-16(6-8-17)24(29)26-18-9-10-21-19(15-18)23(28-11-13-30-14-12-28)27-20-3-1-2-4-22(20)31-21/h1-10,15H,11-14H2,(H,26,29). The maximum absolute atomic E-state index is 12.7. The third-order valence-corrected chi connectivity index (χ3v) is 5.46. The average Bonchev–Trinajstić information content (AvgIpc) is 2.96. The molecule has 1 amide bonds. The fourth-order valence-electron chi connectivity index (χ4n) is 3.62. The Labute approximate surface area is 185 Å². The normalized spacial score (nSPS) is 15.1. The third-order valence-electron chi connectivity index (χ3n) is 5.21. The fraction of sp³-hybridized carbons (Fsp3) is 0.167. The molecule has 0 bridgehead atoms. The zero-order valence-electron chi connectivity index (χ0n) is 16.7. The SMILES string of the molecule is O=C(Nc1ccc2c(c1)C(N1CCOCC1)=Nc1ccccc1O2)c1ccc(Cl)cc1. The summed E-state index contributed by atoms with van der Waals surface area (Å²) < 4.78 is 11.7. The molecule has 0 saturated carbocycles. The Morgan fingerprint density at radius 1 is 0.968 bits per heavy atom. The summed E-state index contributed by atoms with van der Waals surface area (Å²) >= 11 is 5.93. The van der Waals surface area contributed by atoms with Gasteiger partial charge in [-0.1, -0.05) is 23.7 Å². The first-order valence-corrected chi connectivity index (χ1v) is 10.4. The highest BCUT2D eigenvalue weighted by atomic mass is 35.5. The summed E-state index contributed by atoms with van der Waals surface area (Å²) in [4.78, 5) is 19.8. The third kappa shape index (κ3) is 4.13. The van der Waals surface area contributed by atoms with Crippen molar-refractivity contribution in [3.05, 3.63) is 82.9 Å². The lowest BCUT2D eigenvalue weighted by atomic mass is 10.1. The number of nitrogens with one attached hydrogen (secondary N) is 1. The van der Waals surface area contributed by atoms with E-state index in [1.54, 1.807) is 24.3 Å². The van der Waals surface area contributed by atoms with E-state index >= 15 is 0 Å². The van der Waals surface area contributed by atoms with Crippen LogP contribution in [0.1, 0.15) is 15.9 Å². The van der Waals surface area contributed by atoms with E-state index in [1.165, 1.54) is 0 Å². The van der Waals surface area contributed by atoms with E-state index in [0.29, 0.717) is 41.0 Å². The predicted molar refractivity (Wildman–Crippen MR) is 121 cm³/mol. The molecule has 0 aliphatic carbocycles. The number of morpholine rings is 1. The Hall–Kier alpha value is -3.35. The topological polar surface area (TPSA) is 63.2 Å². The molecule has 3 aromatic rings. The molecule has 2 aliphatic rings. The number of fused-ring (bicyclic) bond motifs is 2. The minimum atomic E-state index is -0.209. The minimum Gasteiger partial charge on any atom is -0.454 e. The van der Waals surface area contributed by atoms with Gasteiger partial charge >= 0.3 is 0 Å². The van der Waals surface area contributed by atoms with E-state index in [0.717, 1.165) is 30.2 Å². The van der Waals surface area contributed by atoms with Crippen molar-refractivity contribution >= 4 is 34.7 Å². The van der Waals surface area contributed by atoms with Crippen LogP contribution in [0.25, 0.3) is 0 Å². The molecule has 31 heavy (non-hydrogen) atoms. The maximum Gasteiger partial charge on any atom is 0.255 e. The van der Waals surface area contributed by atoms with Crippen LogP contribution < -0.4 is 10.1 Å². The van der Waals surface area contributed by atoms with Crippen molar-refractivity contribution in [2.45, 2.75) is 0 Å². The molecule has 0 atom stereocenters. The van der Waals surface area contributed by atoms with E-state index in [-0.39, 0.29) is 5.91 Å². The zero-order chi connectivity index (χ0) is 21.2. The Balaban J connectivity index is 1.51. The lowest BCUT2D eigenvalue weighted by Crippen LogP contribution is -2.41. The second-order valence-electron chi connectivity index (χ2n) is 7.28. The van der Waals surface area contributed by atoms with Crippen molar-refractivity contribution in [3.8, 4) is 11.5 Å². The first-order valence-electron chi connectivity index (χ1n) is 10.1. The number of amidine groups is 1. The molecule has 0 radical (unpaired) electrons. The minimum absolute atomic E-state index is 0.209. The molecule has 156 valence electrons. The summed E-state index contributed by atoms with van der Waals surface area (Å²) in [6.07, 6.45) is 0. The van der Waals surface area contributed by atoms with Gasteiger partial charge in [-0.3, -0.25) is 4.79 Å². The molecule has 6 nitrogen and oxygen atoms in total. The molecule has 1 fully saturated rings. The van der Waals surface area contributed by atoms with Gasteiger partial charge in [0, 0.05) is 29.4 Å². The molecule has 0 spiro atoms. The number of aliphatic imine (C=N–C) groups is 1. The number of hydrogen-bond donors (Lipinski definition) is 1. The molecular weight excluding hydrogens is 414 g/mol. The first-order chi connectivity index (χ1) is 15.2. The van der Waals surface area contributed by atoms with Crippen LogP contribution in [0.4, 0.5) is 11.4 Å². The van der Waals surface area contributed by atoms with E-state index < -0.39 is 0 Å². The smallest absolute Gasteiger partial charge is 0.255 e. The molecule has 1 N–H and O–H groups in total. The number of amides is 1. The van der Waals surface area contributed by atoms with Crippen LogP contribution >= 0.6 is 11.6 Å². The highest BCUT2D eigenvalue weighted by molar-refractivity contribution is 6.30. The molecule has 2 aliphatic heterocycles. The summed E-state index contributed by atoms with van der Waals surface area (Å²) in [6.45, 7) is 2.76. The van der Waals surface area contributed by atoms with Crippen molar-refractivity contribution in [1.29, 1.82) is 0 Å². The number of rotatable bonds is 2. The van der Waals surface area contributed by atoms with Gasteiger partial charge in [0.2, 0.25) is 0 Å². The number of nitrogens with zero attached hydrogens (tertiary/aromatic N) is 2. The second-order valence-corrected chi connectivity index (χ2v) is 7.71. The number of anilines is 1. The van der Waals surface area contributed by atoms with Crippen LogP contribution in [0.2, 0.25) is 5.02 Å². The van der Waals surface area contributed by atoms with Crippen molar-refractivity contribution in [2.24, 2.45) is 4.99 Å². The highest BCUT2D eigenvalue weighted by Crippen LogP contribution is 2.39. The quantitative estimate of drug-likeness (QED) is 0.610. The summed E-state index contributed by atoms with van der Waals surface area (Å²) in [7, 11) is 0. The monoisotopic (exact) mass is 433 g/mol. The fourth-order valence-corrected chi connectivity index (χ4v) is 3.75. The van der Waals surface area contributed by atoms with Crippen LogP contribution in [0, 0.1) is 0 Å². The number of carbonyl (C=O) groups excluding carboxylic acids is 1. The van der Waals surface area contributed by atoms with Crippen LogP contribution in [0.15, 0.2) is 71.7 Å². The Kier molecular flexibility index (Phi) is 5.32. The zero-order valence-corrected chi connectivity index (χ0v) is 17.4. The molecular formula is C24H20ClN3O3. The van der Waals surface area contributed by atoms with Gasteiger partial charge < -0.3 is 19.7 Å². The molecule has 2 heterocycles. The largest absolute Gasteiger partial charge is 0.454 e. The lowest BCUT2D eigenvalue weighted by Gasteiger charge is -2.30. The van der Waals surface area contributed by atoms with Gasteiger partial charge in [-0.05, 0) is 54.6 Å². The molecule has 5 rings (SSSR count). The van der Waals surface area contributed by atoms with Crippen molar-refractivity contribution in [3.63, 3.8) is 0 Å². The van der Waals surface area contributed by atoms with Gasteiger partial charge in [0.15, 0.2) is 5.75 Å². The highest BCUT2D eigenvalue weighted by Gasteiger charge is 2.24. The van der Waals surface area contributed by atoms with Crippen LogP contribution in [0.5, 0.6) is 11.5 Å². The number of ether oxygens (including phenoxy) is 2. The number of halogens is 1. The van der Waals surface area contributed by atoms with Crippen molar-refractivity contribution in [2.75, 3.05) is 31.6 Å². The molecule has 3 aromatic carbocycles. The van der Waals surface area contributed by atoms with E-state index in [9.17, 15) is 4.79 Å². The lowest BCUT2D eigenvalue weighted by molar-refractivity contribution is 0.0683. The van der Waals surface area contributed by atoms with E-state index in [2.05, 4.69) is 10.2 Å².